The number of benzene rings is 2. The third-order valence-electron chi connectivity index (χ3n) is 3.31. The van der Waals surface area contributed by atoms with Crippen LogP contribution in [-0.2, 0) is 6.42 Å². The van der Waals surface area contributed by atoms with Gasteiger partial charge in [-0.05, 0) is 34.0 Å². The first-order chi connectivity index (χ1) is 9.66. The van der Waals surface area contributed by atoms with Crippen molar-refractivity contribution in [3.8, 4) is 0 Å². The summed E-state index contributed by atoms with van der Waals surface area (Å²) in [5, 5.41) is 13.1. The van der Waals surface area contributed by atoms with Gasteiger partial charge in [-0.1, -0.05) is 30.3 Å². The first-order valence-electron chi connectivity index (χ1n) is 6.24. The Morgan fingerprint density at radius 2 is 1.85 bits per heavy atom. The largest absolute Gasteiger partial charge is 0.388 e. The van der Waals surface area contributed by atoms with Crippen molar-refractivity contribution in [1.29, 1.82) is 0 Å². The maximum Gasteiger partial charge on any atom is 0.162 e. The van der Waals surface area contributed by atoms with Crippen molar-refractivity contribution < 1.29 is 13.9 Å². The average molecular weight is 290 g/mol. The Morgan fingerprint density at radius 1 is 1.05 bits per heavy atom. The average Bonchev–Trinajstić information content (AvgIpc) is 2.88. The van der Waals surface area contributed by atoms with Gasteiger partial charge in [-0.25, -0.2) is 8.78 Å². The van der Waals surface area contributed by atoms with E-state index in [1.807, 2.05) is 29.6 Å². The predicted octanol–water partition coefficient (Wildman–Crippen LogP) is 4.46. The lowest BCUT2D eigenvalue weighted by Crippen LogP contribution is -2.04. The van der Waals surface area contributed by atoms with Gasteiger partial charge >= 0.3 is 0 Å². The summed E-state index contributed by atoms with van der Waals surface area (Å²) < 4.78 is 27.9. The zero-order valence-electron chi connectivity index (χ0n) is 10.5. The lowest BCUT2D eigenvalue weighted by atomic mass is 10.0. The van der Waals surface area contributed by atoms with Crippen LogP contribution in [0, 0.1) is 11.6 Å². The Bertz CT molecular complexity index is 751. The molecule has 0 bridgehead atoms. The molecule has 102 valence electrons. The second kappa shape index (κ2) is 5.31. The van der Waals surface area contributed by atoms with Crippen LogP contribution in [0.2, 0.25) is 0 Å². The van der Waals surface area contributed by atoms with E-state index in [1.54, 1.807) is 0 Å². The summed E-state index contributed by atoms with van der Waals surface area (Å²) in [7, 11) is 0. The van der Waals surface area contributed by atoms with Crippen LogP contribution < -0.4 is 0 Å². The molecule has 0 saturated carbocycles. The standard InChI is InChI=1S/C16H12F2OS/c17-13-6-3-4-10(16(13)18)8-14(19)12-9-20-15-7-2-1-5-11(12)15/h1-7,9,14,19H,8H2. The van der Waals surface area contributed by atoms with E-state index in [0.717, 1.165) is 21.7 Å². The van der Waals surface area contributed by atoms with Gasteiger partial charge in [0.2, 0.25) is 0 Å². The number of hydrogen-bond acceptors (Lipinski definition) is 2. The number of halogens is 2. The van der Waals surface area contributed by atoms with Crippen LogP contribution in [-0.4, -0.2) is 5.11 Å². The first kappa shape index (κ1) is 13.2. The number of aliphatic hydroxyl groups is 1. The van der Waals surface area contributed by atoms with Gasteiger partial charge < -0.3 is 5.11 Å². The molecule has 1 heterocycles. The quantitative estimate of drug-likeness (QED) is 0.755. The third-order valence-corrected chi connectivity index (χ3v) is 4.30. The molecule has 0 fully saturated rings. The number of hydrogen-bond donors (Lipinski definition) is 1. The normalized spacial score (nSPS) is 12.8. The molecule has 0 aliphatic carbocycles. The van der Waals surface area contributed by atoms with Crippen LogP contribution in [0.15, 0.2) is 47.8 Å². The predicted molar refractivity (Wildman–Crippen MR) is 76.8 cm³/mol. The Labute approximate surface area is 119 Å². The van der Waals surface area contributed by atoms with Gasteiger partial charge in [0.15, 0.2) is 11.6 Å². The molecule has 1 unspecified atom stereocenters. The molecule has 1 nitrogen and oxygen atoms in total. The lowest BCUT2D eigenvalue weighted by Gasteiger charge is -2.11. The van der Waals surface area contributed by atoms with Crippen molar-refractivity contribution >= 4 is 21.4 Å². The van der Waals surface area contributed by atoms with Crippen LogP contribution >= 0.6 is 11.3 Å². The lowest BCUT2D eigenvalue weighted by molar-refractivity contribution is 0.178. The highest BCUT2D eigenvalue weighted by molar-refractivity contribution is 7.17. The van der Waals surface area contributed by atoms with Crippen molar-refractivity contribution in [1.82, 2.24) is 0 Å². The SMILES string of the molecule is OC(Cc1cccc(F)c1F)c1csc2ccccc12. The summed E-state index contributed by atoms with van der Waals surface area (Å²) in [4.78, 5) is 0. The number of thiophene rings is 1. The van der Waals surface area contributed by atoms with Crippen LogP contribution in [0.5, 0.6) is 0 Å². The topological polar surface area (TPSA) is 20.2 Å². The molecular formula is C16H12F2OS. The van der Waals surface area contributed by atoms with Crippen molar-refractivity contribution in [2.24, 2.45) is 0 Å². The van der Waals surface area contributed by atoms with Gasteiger partial charge in [0, 0.05) is 11.1 Å². The minimum atomic E-state index is -0.884. The van der Waals surface area contributed by atoms with E-state index in [2.05, 4.69) is 0 Å². The summed E-state index contributed by atoms with van der Waals surface area (Å²) in [6.45, 7) is 0. The van der Waals surface area contributed by atoms with Gasteiger partial charge in [0.05, 0.1) is 6.10 Å². The Hall–Kier alpha value is -1.78. The van der Waals surface area contributed by atoms with Crippen LogP contribution in [0.3, 0.4) is 0 Å². The van der Waals surface area contributed by atoms with Crippen molar-refractivity contribution in [3.63, 3.8) is 0 Å². The minimum Gasteiger partial charge on any atom is -0.388 e. The summed E-state index contributed by atoms with van der Waals surface area (Å²) in [5.41, 5.74) is 0.946. The van der Waals surface area contributed by atoms with E-state index in [-0.39, 0.29) is 12.0 Å². The van der Waals surface area contributed by atoms with E-state index in [1.165, 1.54) is 23.5 Å². The summed E-state index contributed by atoms with van der Waals surface area (Å²) in [6.07, 6.45) is -0.785. The molecular weight excluding hydrogens is 278 g/mol. The molecule has 3 aromatic rings. The molecule has 0 spiro atoms. The molecule has 0 amide bonds. The monoisotopic (exact) mass is 290 g/mol. The molecule has 0 aliphatic heterocycles. The van der Waals surface area contributed by atoms with E-state index < -0.39 is 17.7 Å². The van der Waals surface area contributed by atoms with Crippen molar-refractivity contribution in [3.05, 3.63) is 70.6 Å². The maximum absolute atomic E-state index is 13.6. The second-order valence-electron chi connectivity index (χ2n) is 4.62. The smallest absolute Gasteiger partial charge is 0.162 e. The van der Waals surface area contributed by atoms with E-state index >= 15 is 0 Å². The molecule has 1 atom stereocenters. The highest BCUT2D eigenvalue weighted by atomic mass is 32.1. The maximum atomic E-state index is 13.6. The fourth-order valence-corrected chi connectivity index (χ4v) is 3.29. The Balaban J connectivity index is 1.93. The Kier molecular flexibility index (Phi) is 3.51. The molecule has 4 heteroatoms. The first-order valence-corrected chi connectivity index (χ1v) is 7.12. The molecule has 0 radical (unpaired) electrons. The minimum absolute atomic E-state index is 0.0598. The molecule has 1 N–H and O–H groups in total. The highest BCUT2D eigenvalue weighted by Gasteiger charge is 2.16. The van der Waals surface area contributed by atoms with Crippen LogP contribution in [0.1, 0.15) is 17.2 Å². The van der Waals surface area contributed by atoms with Gasteiger partial charge in [-0.3, -0.25) is 0 Å². The fraction of sp³-hybridized carbons (Fsp3) is 0.125. The van der Waals surface area contributed by atoms with Gasteiger partial charge in [0.25, 0.3) is 0 Å². The zero-order chi connectivity index (χ0) is 14.1. The van der Waals surface area contributed by atoms with E-state index in [9.17, 15) is 13.9 Å². The third kappa shape index (κ3) is 2.32. The molecule has 0 saturated heterocycles. The van der Waals surface area contributed by atoms with E-state index in [0.29, 0.717) is 0 Å². The zero-order valence-corrected chi connectivity index (χ0v) is 11.3. The Morgan fingerprint density at radius 3 is 2.70 bits per heavy atom. The van der Waals surface area contributed by atoms with Gasteiger partial charge in [-0.15, -0.1) is 11.3 Å². The summed E-state index contributed by atoms with van der Waals surface area (Å²) in [5.74, 6) is -1.77. The summed E-state index contributed by atoms with van der Waals surface area (Å²) >= 11 is 1.53. The molecule has 1 aromatic heterocycles. The van der Waals surface area contributed by atoms with Gasteiger partial charge in [-0.2, -0.15) is 0 Å². The fourth-order valence-electron chi connectivity index (χ4n) is 2.28. The number of rotatable bonds is 3. The molecule has 2 aromatic carbocycles. The highest BCUT2D eigenvalue weighted by Crippen LogP contribution is 2.32. The van der Waals surface area contributed by atoms with Crippen LogP contribution in [0.25, 0.3) is 10.1 Å². The molecule has 3 rings (SSSR count). The summed E-state index contributed by atoms with van der Waals surface area (Å²) in [6, 6.07) is 11.7. The van der Waals surface area contributed by atoms with E-state index in [4.69, 9.17) is 0 Å². The second-order valence-corrected chi connectivity index (χ2v) is 5.53. The van der Waals surface area contributed by atoms with Crippen molar-refractivity contribution in [2.45, 2.75) is 12.5 Å². The number of fused-ring (bicyclic) bond motifs is 1. The molecule has 0 aliphatic rings. The van der Waals surface area contributed by atoms with Crippen molar-refractivity contribution in [2.75, 3.05) is 0 Å². The molecule has 20 heavy (non-hydrogen) atoms. The van der Waals surface area contributed by atoms with Gasteiger partial charge in [0.1, 0.15) is 0 Å². The number of aliphatic hydroxyl groups excluding tert-OH is 1. The van der Waals surface area contributed by atoms with Crippen LogP contribution in [0.4, 0.5) is 8.78 Å².